The molecule has 0 heterocycles. The molecule has 0 spiro atoms. The van der Waals surface area contributed by atoms with E-state index in [0.29, 0.717) is 11.5 Å². The summed E-state index contributed by atoms with van der Waals surface area (Å²) < 4.78 is 11.3. The highest BCUT2D eigenvalue weighted by Gasteiger charge is 2.22. The molecular weight excluding hydrogens is 286 g/mol. The van der Waals surface area contributed by atoms with Crippen molar-refractivity contribution in [2.75, 3.05) is 13.7 Å². The Morgan fingerprint density at radius 1 is 1.36 bits per heavy atom. The van der Waals surface area contributed by atoms with Gasteiger partial charge >= 0.3 is 0 Å². The van der Waals surface area contributed by atoms with Gasteiger partial charge in [0.15, 0.2) is 11.5 Å². The van der Waals surface area contributed by atoms with E-state index in [4.69, 9.17) is 9.47 Å². The lowest BCUT2D eigenvalue weighted by atomic mass is 9.96. The summed E-state index contributed by atoms with van der Waals surface area (Å²) in [6.45, 7) is -0.270. The normalized spacial score (nSPS) is 16.2. The van der Waals surface area contributed by atoms with E-state index in [1.54, 1.807) is 25.3 Å². The van der Waals surface area contributed by atoms with E-state index in [1.807, 2.05) is 0 Å². The van der Waals surface area contributed by atoms with Crippen LogP contribution in [0.4, 0.5) is 0 Å². The Morgan fingerprint density at radius 3 is 2.68 bits per heavy atom. The molecule has 0 saturated heterocycles. The summed E-state index contributed by atoms with van der Waals surface area (Å²) in [6, 6.07) is 5.28. The molecular formula is C16H21NO5. The first kappa shape index (κ1) is 16.3. The van der Waals surface area contributed by atoms with Crippen molar-refractivity contribution in [1.82, 2.24) is 0 Å². The Labute approximate surface area is 129 Å². The van der Waals surface area contributed by atoms with Gasteiger partial charge in [-0.05, 0) is 43.4 Å². The largest absolute Gasteiger partial charge is 0.493 e. The van der Waals surface area contributed by atoms with Gasteiger partial charge in [0.1, 0.15) is 6.29 Å². The monoisotopic (exact) mass is 307 g/mol. The number of carbonyl (C=O) groups is 1. The lowest BCUT2D eigenvalue weighted by Gasteiger charge is -2.18. The molecule has 1 aromatic carbocycles. The van der Waals surface area contributed by atoms with Crippen LogP contribution in [0.3, 0.4) is 0 Å². The van der Waals surface area contributed by atoms with E-state index in [2.05, 4.69) is 0 Å². The van der Waals surface area contributed by atoms with Gasteiger partial charge in [-0.2, -0.15) is 0 Å². The number of nitro groups is 1. The maximum Gasteiger partial charge on any atom is 0.211 e. The van der Waals surface area contributed by atoms with Gasteiger partial charge in [-0.25, -0.2) is 0 Å². The number of hydrogen-bond acceptors (Lipinski definition) is 5. The van der Waals surface area contributed by atoms with Crippen LogP contribution in [0.15, 0.2) is 18.2 Å². The molecule has 120 valence electrons. The molecule has 1 aliphatic carbocycles. The summed E-state index contributed by atoms with van der Waals surface area (Å²) in [6.07, 6.45) is 5.35. The standard InChI is InChI=1S/C16H21NO5/c1-21-15-7-6-12(13(8-9-18)11-17(19)20)10-16(15)22-14-4-2-3-5-14/h6-7,9-10,13-14H,2-5,8,11H2,1H3. The predicted molar refractivity (Wildman–Crippen MR) is 81.2 cm³/mol. The van der Waals surface area contributed by atoms with Crippen molar-refractivity contribution in [3.05, 3.63) is 33.9 Å². The van der Waals surface area contributed by atoms with Gasteiger partial charge in [-0.3, -0.25) is 10.1 Å². The molecule has 6 heteroatoms. The second-order valence-electron chi connectivity index (χ2n) is 5.55. The molecule has 1 atom stereocenters. The van der Waals surface area contributed by atoms with Crippen molar-refractivity contribution < 1.29 is 19.2 Å². The summed E-state index contributed by atoms with van der Waals surface area (Å²) in [4.78, 5) is 21.2. The third kappa shape index (κ3) is 4.19. The van der Waals surface area contributed by atoms with Gasteiger partial charge < -0.3 is 14.3 Å². The molecule has 2 rings (SSSR count). The highest BCUT2D eigenvalue weighted by Crippen LogP contribution is 2.34. The fourth-order valence-corrected chi connectivity index (χ4v) is 2.84. The van der Waals surface area contributed by atoms with Crippen LogP contribution in [-0.2, 0) is 4.79 Å². The summed E-state index contributed by atoms with van der Waals surface area (Å²) in [5.74, 6) is 0.775. The number of ether oxygens (including phenoxy) is 2. The Hall–Kier alpha value is -2.11. The van der Waals surface area contributed by atoms with Crippen LogP contribution in [-0.4, -0.2) is 31.0 Å². The minimum Gasteiger partial charge on any atom is -0.493 e. The van der Waals surface area contributed by atoms with Gasteiger partial charge in [-0.15, -0.1) is 0 Å². The maximum absolute atomic E-state index is 10.8. The Morgan fingerprint density at radius 2 is 2.09 bits per heavy atom. The van der Waals surface area contributed by atoms with Gasteiger partial charge in [0.05, 0.1) is 19.1 Å². The smallest absolute Gasteiger partial charge is 0.211 e. The lowest BCUT2D eigenvalue weighted by Crippen LogP contribution is -2.15. The fraction of sp³-hybridized carbons (Fsp3) is 0.562. The average Bonchev–Trinajstić information content (AvgIpc) is 2.99. The van der Waals surface area contributed by atoms with Crippen molar-refractivity contribution in [2.24, 2.45) is 0 Å². The van der Waals surface area contributed by atoms with Crippen LogP contribution in [0.5, 0.6) is 11.5 Å². The van der Waals surface area contributed by atoms with E-state index < -0.39 is 10.8 Å². The second-order valence-corrected chi connectivity index (χ2v) is 5.55. The first-order chi connectivity index (χ1) is 10.6. The van der Waals surface area contributed by atoms with Crippen molar-refractivity contribution in [1.29, 1.82) is 0 Å². The van der Waals surface area contributed by atoms with Crippen molar-refractivity contribution in [2.45, 2.75) is 44.1 Å². The molecule has 0 aliphatic heterocycles. The van der Waals surface area contributed by atoms with E-state index in [0.717, 1.165) is 37.5 Å². The number of carbonyl (C=O) groups excluding carboxylic acids is 1. The number of hydrogen-bond donors (Lipinski definition) is 0. The first-order valence-electron chi connectivity index (χ1n) is 7.54. The zero-order chi connectivity index (χ0) is 15.9. The number of rotatable bonds is 8. The third-order valence-corrected chi connectivity index (χ3v) is 4.01. The number of benzene rings is 1. The lowest BCUT2D eigenvalue weighted by molar-refractivity contribution is -0.483. The molecule has 0 amide bonds. The highest BCUT2D eigenvalue weighted by atomic mass is 16.6. The zero-order valence-electron chi connectivity index (χ0n) is 12.7. The van der Waals surface area contributed by atoms with Crippen LogP contribution in [0, 0.1) is 10.1 Å². The summed E-state index contributed by atoms with van der Waals surface area (Å²) >= 11 is 0. The van der Waals surface area contributed by atoms with E-state index >= 15 is 0 Å². The summed E-state index contributed by atoms with van der Waals surface area (Å²) in [7, 11) is 1.57. The maximum atomic E-state index is 10.8. The molecule has 0 radical (unpaired) electrons. The van der Waals surface area contributed by atoms with Crippen molar-refractivity contribution >= 4 is 6.29 Å². The molecule has 6 nitrogen and oxygen atoms in total. The fourth-order valence-electron chi connectivity index (χ4n) is 2.84. The molecule has 1 aromatic rings. The van der Waals surface area contributed by atoms with Crippen molar-refractivity contribution in [3.8, 4) is 11.5 Å². The molecule has 0 aromatic heterocycles. The van der Waals surface area contributed by atoms with Crippen LogP contribution < -0.4 is 9.47 Å². The molecule has 1 fully saturated rings. The van der Waals surface area contributed by atoms with E-state index in [1.165, 1.54) is 0 Å². The SMILES string of the molecule is COc1ccc(C(CC=O)C[N+](=O)[O-])cc1OC1CCCC1. The van der Waals surface area contributed by atoms with Gasteiger partial charge in [-0.1, -0.05) is 6.07 Å². The number of methoxy groups -OCH3 is 1. The predicted octanol–water partition coefficient (Wildman–Crippen LogP) is 2.97. The van der Waals surface area contributed by atoms with Crippen molar-refractivity contribution in [3.63, 3.8) is 0 Å². The van der Waals surface area contributed by atoms with E-state index in [9.17, 15) is 14.9 Å². The second kappa shape index (κ2) is 7.77. The molecule has 1 saturated carbocycles. The minimum absolute atomic E-state index is 0.121. The zero-order valence-corrected chi connectivity index (χ0v) is 12.7. The molecule has 0 N–H and O–H groups in total. The van der Waals surface area contributed by atoms with Gasteiger partial charge in [0, 0.05) is 11.3 Å². The summed E-state index contributed by atoms with van der Waals surface area (Å²) in [5, 5.41) is 10.8. The molecule has 1 unspecified atom stereocenters. The first-order valence-corrected chi connectivity index (χ1v) is 7.54. The Bertz CT molecular complexity index is 525. The average molecular weight is 307 g/mol. The number of nitrogens with zero attached hydrogens (tertiary/aromatic N) is 1. The highest BCUT2D eigenvalue weighted by molar-refractivity contribution is 5.53. The van der Waals surface area contributed by atoms with Crippen LogP contribution in [0.1, 0.15) is 43.6 Å². The number of aldehydes is 1. The topological polar surface area (TPSA) is 78.7 Å². The van der Waals surface area contributed by atoms with Crippen LogP contribution in [0.25, 0.3) is 0 Å². The van der Waals surface area contributed by atoms with Crippen LogP contribution >= 0.6 is 0 Å². The van der Waals surface area contributed by atoms with Gasteiger partial charge in [0.2, 0.25) is 6.54 Å². The Kier molecular flexibility index (Phi) is 5.75. The minimum atomic E-state index is -0.440. The van der Waals surface area contributed by atoms with Crippen LogP contribution in [0.2, 0.25) is 0 Å². The van der Waals surface area contributed by atoms with Gasteiger partial charge in [0.25, 0.3) is 0 Å². The quantitative estimate of drug-likeness (QED) is 0.419. The third-order valence-electron chi connectivity index (χ3n) is 4.01. The molecule has 0 bridgehead atoms. The summed E-state index contributed by atoms with van der Waals surface area (Å²) in [5.41, 5.74) is 0.734. The Balaban J connectivity index is 2.23. The molecule has 22 heavy (non-hydrogen) atoms. The molecule has 1 aliphatic rings. The van der Waals surface area contributed by atoms with E-state index in [-0.39, 0.29) is 19.1 Å².